The minimum atomic E-state index is -0.424. The average molecular weight is 295 g/mol. The van der Waals surface area contributed by atoms with Crippen molar-refractivity contribution in [3.05, 3.63) is 47.1 Å². The molecule has 0 unspecified atom stereocenters. The second kappa shape index (κ2) is 7.95. The number of rotatable bonds is 4. The SMILES string of the molecule is C=C(Cl)/N=C\C(F)=C(/C)c1cncc(C2CC2)c1.CC. The Hall–Kier alpha value is -1.48. The molecule has 0 aliphatic heterocycles. The van der Waals surface area contributed by atoms with E-state index in [9.17, 15) is 4.39 Å². The Bertz CT molecular complexity index is 531. The molecule has 4 heteroatoms. The molecule has 1 aromatic rings. The van der Waals surface area contributed by atoms with E-state index in [1.54, 1.807) is 13.1 Å². The van der Waals surface area contributed by atoms with E-state index in [0.717, 1.165) is 11.8 Å². The summed E-state index contributed by atoms with van der Waals surface area (Å²) in [5.41, 5.74) is 2.47. The third-order valence-electron chi connectivity index (χ3n) is 2.92. The van der Waals surface area contributed by atoms with Crippen LogP contribution in [0.5, 0.6) is 0 Å². The molecule has 0 radical (unpaired) electrons. The fourth-order valence-corrected chi connectivity index (χ4v) is 1.71. The van der Waals surface area contributed by atoms with Crippen LogP contribution in [0.15, 0.2) is 41.0 Å². The fourth-order valence-electron chi connectivity index (χ4n) is 1.66. The van der Waals surface area contributed by atoms with Crippen LogP contribution in [0.2, 0.25) is 0 Å². The molecule has 0 amide bonds. The lowest BCUT2D eigenvalue weighted by Crippen LogP contribution is -1.90. The maximum atomic E-state index is 13.8. The molecular formula is C16H20ClFN2. The van der Waals surface area contributed by atoms with Crippen LogP contribution in [-0.4, -0.2) is 11.2 Å². The number of hydrogen-bond donors (Lipinski definition) is 0. The highest BCUT2D eigenvalue weighted by atomic mass is 35.5. The molecule has 1 heterocycles. The summed E-state index contributed by atoms with van der Waals surface area (Å²) >= 11 is 5.45. The van der Waals surface area contributed by atoms with Gasteiger partial charge in [0.25, 0.3) is 0 Å². The van der Waals surface area contributed by atoms with Crippen molar-refractivity contribution in [2.75, 3.05) is 0 Å². The maximum absolute atomic E-state index is 13.8. The Balaban J connectivity index is 0.000000956. The van der Waals surface area contributed by atoms with E-state index >= 15 is 0 Å². The van der Waals surface area contributed by atoms with E-state index in [0.29, 0.717) is 11.5 Å². The molecule has 2 nitrogen and oxygen atoms in total. The molecule has 0 spiro atoms. The molecule has 2 rings (SSSR count). The Kier molecular flexibility index (Phi) is 6.59. The van der Waals surface area contributed by atoms with Crippen LogP contribution in [-0.2, 0) is 0 Å². The Labute approximate surface area is 125 Å². The quantitative estimate of drug-likeness (QED) is 0.534. The van der Waals surface area contributed by atoms with Crippen molar-refractivity contribution in [1.29, 1.82) is 0 Å². The van der Waals surface area contributed by atoms with E-state index in [1.807, 2.05) is 26.1 Å². The summed E-state index contributed by atoms with van der Waals surface area (Å²) in [5.74, 6) is 0.177. The van der Waals surface area contributed by atoms with Gasteiger partial charge in [-0.1, -0.05) is 32.0 Å². The molecule has 1 fully saturated rings. The first-order chi connectivity index (χ1) is 9.58. The van der Waals surface area contributed by atoms with Gasteiger partial charge >= 0.3 is 0 Å². The van der Waals surface area contributed by atoms with Gasteiger partial charge in [-0.2, -0.15) is 0 Å². The summed E-state index contributed by atoms with van der Waals surface area (Å²) in [4.78, 5) is 7.79. The van der Waals surface area contributed by atoms with Gasteiger partial charge in [-0.15, -0.1) is 0 Å². The van der Waals surface area contributed by atoms with Crippen LogP contribution in [0, 0.1) is 0 Å². The number of allylic oxidation sites excluding steroid dienone is 2. The summed E-state index contributed by atoms with van der Waals surface area (Å²) in [6.45, 7) is 9.07. The van der Waals surface area contributed by atoms with Crippen molar-refractivity contribution in [3.63, 3.8) is 0 Å². The number of aromatic nitrogens is 1. The molecule has 0 aromatic carbocycles. The van der Waals surface area contributed by atoms with Crippen molar-refractivity contribution in [2.24, 2.45) is 4.99 Å². The number of nitrogens with zero attached hydrogens (tertiary/aromatic N) is 2. The second-order valence-electron chi connectivity index (χ2n) is 4.39. The van der Waals surface area contributed by atoms with Crippen LogP contribution in [0.1, 0.15) is 50.7 Å². The molecule has 0 N–H and O–H groups in total. The summed E-state index contributed by atoms with van der Waals surface area (Å²) in [7, 11) is 0. The monoisotopic (exact) mass is 294 g/mol. The van der Waals surface area contributed by atoms with Gasteiger partial charge in [-0.25, -0.2) is 9.38 Å². The lowest BCUT2D eigenvalue weighted by atomic mass is 10.1. The van der Waals surface area contributed by atoms with Gasteiger partial charge in [0.2, 0.25) is 0 Å². The number of hydrogen-bond acceptors (Lipinski definition) is 2. The van der Waals surface area contributed by atoms with E-state index in [2.05, 4.69) is 16.6 Å². The summed E-state index contributed by atoms with van der Waals surface area (Å²) in [6, 6.07) is 1.99. The molecule has 1 saturated carbocycles. The third-order valence-corrected chi connectivity index (χ3v) is 3.01. The summed E-state index contributed by atoms with van der Waals surface area (Å²) < 4.78 is 13.8. The second-order valence-corrected chi connectivity index (χ2v) is 4.82. The average Bonchev–Trinajstić information content (AvgIpc) is 3.31. The first kappa shape index (κ1) is 16.6. The van der Waals surface area contributed by atoms with E-state index in [4.69, 9.17) is 11.6 Å². The molecule has 20 heavy (non-hydrogen) atoms. The number of aliphatic imine (C=N–C) groups is 1. The zero-order valence-corrected chi connectivity index (χ0v) is 12.9. The number of halogens is 2. The lowest BCUT2D eigenvalue weighted by Gasteiger charge is -2.04. The highest BCUT2D eigenvalue weighted by Crippen LogP contribution is 2.40. The van der Waals surface area contributed by atoms with Gasteiger partial charge in [-0.3, -0.25) is 4.98 Å². The van der Waals surface area contributed by atoms with Crippen molar-refractivity contribution >= 4 is 23.4 Å². The molecule has 108 valence electrons. The third kappa shape index (κ3) is 4.89. The summed E-state index contributed by atoms with van der Waals surface area (Å²) in [6.07, 6.45) is 6.98. The van der Waals surface area contributed by atoms with Gasteiger partial charge in [0.15, 0.2) is 0 Å². The normalized spacial score (nSPS) is 15.4. The topological polar surface area (TPSA) is 25.2 Å². The largest absolute Gasteiger partial charge is 0.264 e. The molecular weight excluding hydrogens is 275 g/mol. The van der Waals surface area contributed by atoms with Crippen LogP contribution in [0.3, 0.4) is 0 Å². The highest BCUT2D eigenvalue weighted by molar-refractivity contribution is 6.29. The van der Waals surface area contributed by atoms with E-state index in [-0.39, 0.29) is 5.16 Å². The maximum Gasteiger partial charge on any atom is 0.145 e. The smallest absolute Gasteiger partial charge is 0.145 e. The zero-order chi connectivity index (χ0) is 15.1. The zero-order valence-electron chi connectivity index (χ0n) is 12.2. The van der Waals surface area contributed by atoms with Gasteiger partial charge < -0.3 is 0 Å². The van der Waals surface area contributed by atoms with Crippen LogP contribution in [0.25, 0.3) is 5.57 Å². The van der Waals surface area contributed by atoms with Crippen molar-refractivity contribution in [1.82, 2.24) is 4.98 Å². The lowest BCUT2D eigenvalue weighted by molar-refractivity contribution is 0.688. The Morgan fingerprint density at radius 1 is 1.45 bits per heavy atom. The molecule has 0 atom stereocenters. The molecule has 1 aliphatic carbocycles. The van der Waals surface area contributed by atoms with Gasteiger partial charge in [0, 0.05) is 12.4 Å². The van der Waals surface area contributed by atoms with Gasteiger partial charge in [0.1, 0.15) is 11.0 Å². The first-order valence-electron chi connectivity index (χ1n) is 6.78. The van der Waals surface area contributed by atoms with Crippen LogP contribution >= 0.6 is 11.6 Å². The number of pyridine rings is 1. The highest BCUT2D eigenvalue weighted by Gasteiger charge is 2.24. The molecule has 0 bridgehead atoms. The minimum absolute atomic E-state index is 0.0582. The van der Waals surface area contributed by atoms with Crippen molar-refractivity contribution in [2.45, 2.75) is 39.5 Å². The Morgan fingerprint density at radius 2 is 2.10 bits per heavy atom. The molecule has 1 aromatic heterocycles. The van der Waals surface area contributed by atoms with Crippen LogP contribution in [0.4, 0.5) is 4.39 Å². The van der Waals surface area contributed by atoms with Crippen LogP contribution < -0.4 is 0 Å². The standard InChI is InChI=1S/C14H14ClFN2.C2H6/c1-9(14(16)8-18-10(2)15)12-5-13(7-17-6-12)11-3-4-11;1-2/h5-8,11H,2-4H2,1H3;1-2H3/b14-9-,18-8-;. The minimum Gasteiger partial charge on any atom is -0.264 e. The summed E-state index contributed by atoms with van der Waals surface area (Å²) in [5, 5.41) is 0.0582. The van der Waals surface area contributed by atoms with Gasteiger partial charge in [-0.05, 0) is 48.4 Å². The predicted molar refractivity (Wildman–Crippen MR) is 84.7 cm³/mol. The predicted octanol–water partition coefficient (Wildman–Crippen LogP) is 5.47. The van der Waals surface area contributed by atoms with E-state index < -0.39 is 5.83 Å². The molecule has 1 aliphatic rings. The fraction of sp³-hybridized carbons (Fsp3) is 0.375. The molecule has 0 saturated heterocycles. The van der Waals surface area contributed by atoms with Crippen molar-refractivity contribution < 1.29 is 4.39 Å². The van der Waals surface area contributed by atoms with E-state index in [1.165, 1.54) is 18.4 Å². The first-order valence-corrected chi connectivity index (χ1v) is 7.16. The van der Waals surface area contributed by atoms with Crippen molar-refractivity contribution in [3.8, 4) is 0 Å². The van der Waals surface area contributed by atoms with Gasteiger partial charge in [0.05, 0.1) is 6.21 Å². The Morgan fingerprint density at radius 3 is 2.65 bits per heavy atom.